The number of aliphatic hydroxyl groups is 1. The molecule has 1 aliphatic heterocycles. The lowest BCUT2D eigenvalue weighted by Gasteiger charge is -2.44. The summed E-state index contributed by atoms with van der Waals surface area (Å²) in [6.45, 7) is 12.9. The predicted octanol–water partition coefficient (Wildman–Crippen LogP) is 4.32. The molecule has 2 aromatic rings. The van der Waals surface area contributed by atoms with Gasteiger partial charge in [-0.25, -0.2) is 4.79 Å². The molecule has 1 amide bonds. The van der Waals surface area contributed by atoms with E-state index in [0.29, 0.717) is 19.4 Å². The Morgan fingerprint density at radius 3 is 1.91 bits per heavy atom. The molecule has 33 heavy (non-hydrogen) atoms. The van der Waals surface area contributed by atoms with Gasteiger partial charge in [-0.1, -0.05) is 81.4 Å². The number of likely N-dealkylation sites (tertiary alicyclic amines) is 1. The van der Waals surface area contributed by atoms with Crippen LogP contribution in [0.15, 0.2) is 60.7 Å². The van der Waals surface area contributed by atoms with E-state index < -0.39 is 13.9 Å². The summed E-state index contributed by atoms with van der Waals surface area (Å²) in [5, 5.41) is 12.0. The van der Waals surface area contributed by atoms with Gasteiger partial charge in [-0.3, -0.25) is 0 Å². The molecule has 1 N–H and O–H groups in total. The molecular formula is C27H39NO4Si. The number of amides is 1. The maximum absolute atomic E-state index is 13.0. The number of benzene rings is 2. The highest BCUT2D eigenvalue weighted by atomic mass is 28.4. The number of nitrogens with zero attached hydrogens (tertiary/aromatic N) is 1. The minimum atomic E-state index is -2.72. The number of carbonyl (C=O) groups excluding carboxylic acids is 1. The number of hydrogen-bond donors (Lipinski definition) is 1. The lowest BCUT2D eigenvalue weighted by atomic mass is 10.1. The van der Waals surface area contributed by atoms with E-state index in [4.69, 9.17) is 9.16 Å². The molecule has 6 heteroatoms. The van der Waals surface area contributed by atoms with Gasteiger partial charge in [0.1, 0.15) is 5.60 Å². The monoisotopic (exact) mass is 469 g/mol. The van der Waals surface area contributed by atoms with Gasteiger partial charge in [-0.15, -0.1) is 0 Å². The smallest absolute Gasteiger partial charge is 0.410 e. The van der Waals surface area contributed by atoms with Gasteiger partial charge in [-0.2, -0.15) is 0 Å². The van der Waals surface area contributed by atoms with Gasteiger partial charge in [0.2, 0.25) is 0 Å². The van der Waals surface area contributed by atoms with Crippen LogP contribution in [0.2, 0.25) is 5.04 Å². The molecule has 0 bridgehead atoms. The summed E-state index contributed by atoms with van der Waals surface area (Å²) in [5.74, 6) is 0. The molecular weight excluding hydrogens is 430 g/mol. The van der Waals surface area contributed by atoms with Crippen LogP contribution in [0.4, 0.5) is 4.79 Å². The van der Waals surface area contributed by atoms with Gasteiger partial charge in [0.15, 0.2) is 0 Å². The molecule has 1 fully saturated rings. The summed E-state index contributed by atoms with van der Waals surface area (Å²) in [6, 6.07) is 21.0. The third-order valence-corrected chi connectivity index (χ3v) is 11.3. The zero-order valence-corrected chi connectivity index (χ0v) is 21.9. The first-order chi connectivity index (χ1) is 15.5. The molecule has 1 saturated heterocycles. The number of carbonyl (C=O) groups is 1. The summed E-state index contributed by atoms with van der Waals surface area (Å²) in [4.78, 5) is 14.7. The number of hydrogen-bond acceptors (Lipinski definition) is 4. The van der Waals surface area contributed by atoms with E-state index in [9.17, 15) is 9.90 Å². The predicted molar refractivity (Wildman–Crippen MR) is 136 cm³/mol. The highest BCUT2D eigenvalue weighted by molar-refractivity contribution is 6.99. The molecule has 5 nitrogen and oxygen atoms in total. The van der Waals surface area contributed by atoms with Crippen molar-refractivity contribution in [1.29, 1.82) is 0 Å². The molecule has 2 aromatic carbocycles. The third kappa shape index (κ3) is 5.68. The Morgan fingerprint density at radius 2 is 1.48 bits per heavy atom. The first kappa shape index (κ1) is 25.5. The molecule has 0 saturated carbocycles. The fourth-order valence-electron chi connectivity index (χ4n) is 4.87. The van der Waals surface area contributed by atoms with Crippen molar-refractivity contribution >= 4 is 24.8 Å². The Balaban J connectivity index is 2.01. The van der Waals surface area contributed by atoms with Crippen molar-refractivity contribution in [2.45, 2.75) is 77.2 Å². The fraction of sp³-hybridized carbons (Fsp3) is 0.519. The van der Waals surface area contributed by atoms with E-state index in [1.54, 1.807) is 4.90 Å². The van der Waals surface area contributed by atoms with Crippen LogP contribution < -0.4 is 10.4 Å². The minimum absolute atomic E-state index is 0.0237. The zero-order chi connectivity index (χ0) is 24.3. The topological polar surface area (TPSA) is 59.0 Å². The van der Waals surface area contributed by atoms with Gasteiger partial charge in [0.25, 0.3) is 8.32 Å². The largest absolute Gasteiger partial charge is 0.444 e. The molecule has 180 valence electrons. The molecule has 1 heterocycles. The molecule has 1 aliphatic rings. The summed E-state index contributed by atoms with van der Waals surface area (Å²) >= 11 is 0. The van der Waals surface area contributed by atoms with Gasteiger partial charge in [0.05, 0.1) is 6.10 Å². The van der Waals surface area contributed by atoms with Crippen LogP contribution in [0.25, 0.3) is 0 Å². The minimum Gasteiger partial charge on any atom is -0.444 e. The molecule has 0 aromatic heterocycles. The van der Waals surface area contributed by atoms with E-state index in [1.165, 1.54) is 10.4 Å². The molecule has 0 radical (unpaired) electrons. The van der Waals surface area contributed by atoms with E-state index in [-0.39, 0.29) is 29.9 Å². The first-order valence-corrected chi connectivity index (χ1v) is 13.8. The maximum atomic E-state index is 13.0. The van der Waals surface area contributed by atoms with Crippen LogP contribution in [-0.4, -0.2) is 55.3 Å². The van der Waals surface area contributed by atoms with E-state index in [1.807, 2.05) is 32.9 Å². The van der Waals surface area contributed by atoms with E-state index in [0.717, 1.165) is 0 Å². The summed E-state index contributed by atoms with van der Waals surface area (Å²) in [6.07, 6.45) is 0.722. The molecule has 0 spiro atoms. The Morgan fingerprint density at radius 1 is 0.970 bits per heavy atom. The molecule has 3 rings (SSSR count). The maximum Gasteiger partial charge on any atom is 0.410 e. The van der Waals surface area contributed by atoms with Crippen LogP contribution in [0.1, 0.15) is 54.4 Å². The number of rotatable bonds is 6. The second-order valence-corrected chi connectivity index (χ2v) is 15.2. The summed E-state index contributed by atoms with van der Waals surface area (Å²) < 4.78 is 12.9. The van der Waals surface area contributed by atoms with Gasteiger partial charge < -0.3 is 19.2 Å². The third-order valence-electron chi connectivity index (χ3n) is 6.23. The normalized spacial score (nSPS) is 19.5. The van der Waals surface area contributed by atoms with E-state index >= 15 is 0 Å². The van der Waals surface area contributed by atoms with Crippen molar-refractivity contribution in [3.05, 3.63) is 60.7 Å². The Hall–Kier alpha value is -2.15. The summed E-state index contributed by atoms with van der Waals surface area (Å²) in [5.41, 5.74) is -0.572. The average Bonchev–Trinajstić information content (AvgIpc) is 3.14. The molecule has 0 unspecified atom stereocenters. The average molecular weight is 470 g/mol. The van der Waals surface area contributed by atoms with Crippen molar-refractivity contribution in [2.24, 2.45) is 0 Å². The molecule has 2 atom stereocenters. The molecule has 0 aliphatic carbocycles. The Bertz CT molecular complexity index is 866. The fourth-order valence-corrected chi connectivity index (χ4v) is 9.55. The van der Waals surface area contributed by atoms with Gasteiger partial charge in [0, 0.05) is 19.2 Å². The lowest BCUT2D eigenvalue weighted by Crippen LogP contribution is -2.67. The van der Waals surface area contributed by atoms with Crippen LogP contribution in [0, 0.1) is 0 Å². The SMILES string of the molecule is CC(C)(C)OC(=O)N1C[C@@H](O[Si](c2ccccc2)(c2ccccc2)C(C)(C)C)C[C@@H]1CCO. The van der Waals surface area contributed by atoms with Gasteiger partial charge in [-0.05, 0) is 49.0 Å². The second-order valence-electron chi connectivity index (χ2n) is 10.9. The standard InChI is InChI=1S/C27H39NO4Si/c1-26(2,3)31-25(30)28-20-22(19-21(28)17-18-29)32-33(27(4,5)6,23-13-9-7-10-14-23)24-15-11-8-12-16-24/h7-16,21-22,29H,17-20H2,1-6H3/t21-,22-/m0/s1. The Labute approximate surface area is 199 Å². The quantitative estimate of drug-likeness (QED) is 0.640. The van der Waals surface area contributed by atoms with Crippen LogP contribution in [0.3, 0.4) is 0 Å². The zero-order valence-electron chi connectivity index (χ0n) is 20.9. The van der Waals surface area contributed by atoms with Crippen molar-refractivity contribution in [3.63, 3.8) is 0 Å². The number of ether oxygens (including phenoxy) is 1. The van der Waals surface area contributed by atoms with Crippen molar-refractivity contribution in [2.75, 3.05) is 13.2 Å². The van der Waals surface area contributed by atoms with E-state index in [2.05, 4.69) is 69.3 Å². The van der Waals surface area contributed by atoms with Crippen molar-refractivity contribution in [3.8, 4) is 0 Å². The highest BCUT2D eigenvalue weighted by Gasteiger charge is 2.53. The van der Waals surface area contributed by atoms with Crippen molar-refractivity contribution in [1.82, 2.24) is 4.90 Å². The van der Waals surface area contributed by atoms with Crippen LogP contribution in [-0.2, 0) is 9.16 Å². The van der Waals surface area contributed by atoms with Crippen molar-refractivity contribution < 1.29 is 19.1 Å². The second kappa shape index (κ2) is 10.00. The summed E-state index contributed by atoms with van der Waals surface area (Å²) in [7, 11) is -2.72. The van der Waals surface area contributed by atoms with Gasteiger partial charge >= 0.3 is 6.09 Å². The Kier molecular flexibility index (Phi) is 7.71. The van der Waals surface area contributed by atoms with Crippen LogP contribution >= 0.6 is 0 Å². The number of aliphatic hydroxyl groups excluding tert-OH is 1. The first-order valence-electron chi connectivity index (χ1n) is 11.9. The van der Waals surface area contributed by atoms with Crippen LogP contribution in [0.5, 0.6) is 0 Å². The highest BCUT2D eigenvalue weighted by Crippen LogP contribution is 2.39. The lowest BCUT2D eigenvalue weighted by molar-refractivity contribution is 0.0195.